The lowest BCUT2D eigenvalue weighted by molar-refractivity contribution is 0.595. The van der Waals surface area contributed by atoms with Crippen LogP contribution < -0.4 is 0 Å². The van der Waals surface area contributed by atoms with Gasteiger partial charge in [0.2, 0.25) is 0 Å². The highest BCUT2D eigenvalue weighted by molar-refractivity contribution is 8.02. The van der Waals surface area contributed by atoms with Crippen LogP contribution in [0.2, 0.25) is 5.02 Å². The molecule has 1 fully saturated rings. The molecular formula is C17H16ClN3O2S5. The molecule has 0 atom stereocenters. The number of nitrogens with zero attached hydrogens (tertiary/aromatic N) is 3. The molecule has 0 radical (unpaired) electrons. The molecule has 4 rings (SSSR count). The average molecular weight is 490 g/mol. The van der Waals surface area contributed by atoms with Crippen molar-refractivity contribution < 1.29 is 8.42 Å². The molecule has 0 bridgehead atoms. The van der Waals surface area contributed by atoms with E-state index in [0.29, 0.717) is 15.8 Å². The Morgan fingerprint density at radius 2 is 1.82 bits per heavy atom. The van der Waals surface area contributed by atoms with Gasteiger partial charge in [-0.15, -0.1) is 21.5 Å². The van der Waals surface area contributed by atoms with Crippen LogP contribution in [0.25, 0.3) is 0 Å². The topological polar surface area (TPSA) is 72.8 Å². The Bertz CT molecular complexity index is 1040. The highest BCUT2D eigenvalue weighted by atomic mass is 35.5. The van der Waals surface area contributed by atoms with E-state index in [-0.39, 0.29) is 10.6 Å². The molecule has 0 spiro atoms. The Morgan fingerprint density at radius 1 is 1.11 bits per heavy atom. The Hall–Kier alpha value is -0.650. The second kappa shape index (κ2) is 9.01. The minimum Gasteiger partial charge on any atom is -0.244 e. The second-order valence-corrected chi connectivity index (χ2v) is 13.2. The van der Waals surface area contributed by atoms with Crippen molar-refractivity contribution in [3.63, 3.8) is 0 Å². The molecule has 5 nitrogen and oxygen atoms in total. The minimum absolute atomic E-state index is 0.106. The lowest BCUT2D eigenvalue weighted by Crippen LogP contribution is -2.04. The quantitative estimate of drug-likeness (QED) is 0.371. The molecule has 0 N–H and O–H groups in total. The molecule has 1 aliphatic rings. The molecule has 3 aromatic rings. The van der Waals surface area contributed by atoms with E-state index >= 15 is 0 Å². The maximum absolute atomic E-state index is 12.5. The summed E-state index contributed by atoms with van der Waals surface area (Å²) in [5.41, 5.74) is 0.860. The van der Waals surface area contributed by atoms with Gasteiger partial charge in [0, 0.05) is 21.9 Å². The Labute approximate surface area is 185 Å². The van der Waals surface area contributed by atoms with Gasteiger partial charge in [-0.3, -0.25) is 0 Å². The maximum atomic E-state index is 12.5. The summed E-state index contributed by atoms with van der Waals surface area (Å²) in [5, 5.41) is 11.5. The van der Waals surface area contributed by atoms with Crippen molar-refractivity contribution in [1.82, 2.24) is 15.2 Å². The Morgan fingerprint density at radius 3 is 2.54 bits per heavy atom. The van der Waals surface area contributed by atoms with Crippen molar-refractivity contribution in [2.45, 2.75) is 37.9 Å². The van der Waals surface area contributed by atoms with E-state index in [4.69, 9.17) is 11.6 Å². The number of hydrogen-bond donors (Lipinski definition) is 0. The zero-order chi connectivity index (χ0) is 19.6. The first-order valence-electron chi connectivity index (χ1n) is 8.49. The zero-order valence-corrected chi connectivity index (χ0v) is 19.4. The molecule has 0 amide bonds. The molecule has 1 saturated carbocycles. The van der Waals surface area contributed by atoms with E-state index < -0.39 is 9.84 Å². The number of halogens is 1. The first kappa shape index (κ1) is 20.6. The fourth-order valence-electron chi connectivity index (χ4n) is 2.29. The van der Waals surface area contributed by atoms with Gasteiger partial charge < -0.3 is 0 Å². The van der Waals surface area contributed by atoms with Gasteiger partial charge in [-0.1, -0.05) is 46.5 Å². The summed E-state index contributed by atoms with van der Waals surface area (Å²) in [4.78, 5) is 4.73. The number of aromatic nitrogens is 3. The molecule has 0 aliphatic heterocycles. The van der Waals surface area contributed by atoms with E-state index in [2.05, 4.69) is 15.2 Å². The van der Waals surface area contributed by atoms with Crippen LogP contribution in [-0.2, 0) is 21.3 Å². The summed E-state index contributed by atoms with van der Waals surface area (Å²) in [6.07, 6.45) is 2.68. The molecule has 148 valence electrons. The molecule has 28 heavy (non-hydrogen) atoms. The lowest BCUT2D eigenvalue weighted by Gasteiger charge is -2.02. The van der Waals surface area contributed by atoms with E-state index in [0.717, 1.165) is 26.0 Å². The third-order valence-corrected chi connectivity index (χ3v) is 10.4. The van der Waals surface area contributed by atoms with Gasteiger partial charge in [-0.05, 0) is 43.0 Å². The summed E-state index contributed by atoms with van der Waals surface area (Å²) < 4.78 is 27.0. The van der Waals surface area contributed by atoms with Crippen molar-refractivity contribution in [3.05, 3.63) is 45.4 Å². The van der Waals surface area contributed by atoms with Crippen LogP contribution in [0.1, 0.15) is 23.5 Å². The summed E-state index contributed by atoms with van der Waals surface area (Å²) in [5.74, 6) is 2.55. The molecule has 1 aliphatic carbocycles. The number of thiazole rings is 1. The second-order valence-electron chi connectivity index (χ2n) is 6.32. The summed E-state index contributed by atoms with van der Waals surface area (Å²) in [6.45, 7) is 0. The predicted molar refractivity (Wildman–Crippen MR) is 117 cm³/mol. The first-order valence-corrected chi connectivity index (χ1v) is 14.2. The summed E-state index contributed by atoms with van der Waals surface area (Å²) in [6, 6.07) is 6.21. The van der Waals surface area contributed by atoms with Gasteiger partial charge in [-0.25, -0.2) is 13.4 Å². The highest BCUT2D eigenvalue weighted by Gasteiger charge is 2.22. The molecule has 2 aromatic heterocycles. The van der Waals surface area contributed by atoms with Gasteiger partial charge in [0.15, 0.2) is 18.5 Å². The van der Waals surface area contributed by atoms with Crippen molar-refractivity contribution >= 4 is 67.6 Å². The third-order valence-electron chi connectivity index (χ3n) is 3.96. The molecular weight excluding hydrogens is 474 g/mol. The summed E-state index contributed by atoms with van der Waals surface area (Å²) >= 11 is 12.2. The largest absolute Gasteiger partial charge is 0.244 e. The van der Waals surface area contributed by atoms with E-state index in [1.165, 1.54) is 36.3 Å². The maximum Gasteiger partial charge on any atom is 0.184 e. The van der Waals surface area contributed by atoms with E-state index in [1.54, 1.807) is 47.0 Å². The molecule has 1 aromatic carbocycles. The number of rotatable bonds is 9. The number of thioether (sulfide) groups is 2. The molecule has 0 saturated heterocycles. The van der Waals surface area contributed by atoms with Crippen LogP contribution in [0.3, 0.4) is 0 Å². The van der Waals surface area contributed by atoms with Crippen molar-refractivity contribution in [3.8, 4) is 0 Å². The average Bonchev–Trinajstić information content (AvgIpc) is 3.21. The monoisotopic (exact) mass is 489 g/mol. The fraction of sp³-hybridized carbons (Fsp3) is 0.353. The molecule has 11 heteroatoms. The standard InChI is InChI=1S/C17H16ClN3O2S5/c18-12-3-5-14(6-4-12)28(22,23)10-15-19-13(8-24-15)9-26-17-21-20-16(27-17)25-7-11-1-2-11/h3-6,8,11H,1-2,7,9-10H2. The van der Waals surface area contributed by atoms with Gasteiger partial charge in [0.1, 0.15) is 10.8 Å². The first-order chi connectivity index (χ1) is 13.5. The molecule has 0 unspecified atom stereocenters. The number of sulfone groups is 1. The number of hydrogen-bond acceptors (Lipinski definition) is 9. The van der Waals surface area contributed by atoms with Crippen LogP contribution in [0.5, 0.6) is 0 Å². The smallest absolute Gasteiger partial charge is 0.184 e. The van der Waals surface area contributed by atoms with Crippen LogP contribution in [0.15, 0.2) is 43.2 Å². The van der Waals surface area contributed by atoms with Crippen LogP contribution in [0, 0.1) is 5.92 Å². The number of benzene rings is 1. The van der Waals surface area contributed by atoms with Crippen LogP contribution in [0.4, 0.5) is 0 Å². The van der Waals surface area contributed by atoms with Crippen LogP contribution >= 0.6 is 57.8 Å². The molecule has 2 heterocycles. The van der Waals surface area contributed by atoms with Crippen molar-refractivity contribution in [2.24, 2.45) is 5.92 Å². The Balaban J connectivity index is 1.32. The van der Waals surface area contributed by atoms with Gasteiger partial charge in [0.25, 0.3) is 0 Å². The van der Waals surface area contributed by atoms with Crippen molar-refractivity contribution in [1.29, 1.82) is 0 Å². The Kier molecular flexibility index (Phi) is 6.63. The van der Waals surface area contributed by atoms with Crippen molar-refractivity contribution in [2.75, 3.05) is 5.75 Å². The highest BCUT2D eigenvalue weighted by Crippen LogP contribution is 2.37. The third kappa shape index (κ3) is 5.70. The van der Waals surface area contributed by atoms with Gasteiger partial charge >= 0.3 is 0 Å². The SMILES string of the molecule is O=S(=O)(Cc1nc(CSc2nnc(SCC3CC3)s2)cs1)c1ccc(Cl)cc1. The zero-order valence-electron chi connectivity index (χ0n) is 14.6. The van der Waals surface area contributed by atoms with Gasteiger partial charge in [0.05, 0.1) is 10.6 Å². The predicted octanol–water partition coefficient (Wildman–Crippen LogP) is 5.42. The van der Waals surface area contributed by atoms with E-state index in [1.807, 2.05) is 5.38 Å². The van der Waals surface area contributed by atoms with Gasteiger partial charge in [-0.2, -0.15) is 0 Å². The minimum atomic E-state index is -3.43. The lowest BCUT2D eigenvalue weighted by atomic mass is 10.4. The normalized spacial score (nSPS) is 14.5. The van der Waals surface area contributed by atoms with Crippen LogP contribution in [-0.4, -0.2) is 29.4 Å². The summed E-state index contributed by atoms with van der Waals surface area (Å²) in [7, 11) is -3.43. The van der Waals surface area contributed by atoms with E-state index in [9.17, 15) is 8.42 Å². The fourth-order valence-corrected chi connectivity index (χ4v) is 8.07.